The summed E-state index contributed by atoms with van der Waals surface area (Å²) >= 11 is 0. The van der Waals surface area contributed by atoms with Crippen molar-refractivity contribution in [3.8, 4) is 0 Å². The molecule has 1 aliphatic rings. The van der Waals surface area contributed by atoms with E-state index in [1.54, 1.807) is 0 Å². The lowest BCUT2D eigenvalue weighted by Gasteiger charge is -2.37. The van der Waals surface area contributed by atoms with Crippen LogP contribution < -0.4 is 5.73 Å². The fraction of sp³-hybridized carbons (Fsp3) is 0.588. The highest BCUT2D eigenvalue weighted by Crippen LogP contribution is 2.09. The third-order valence-electron chi connectivity index (χ3n) is 4.23. The zero-order valence-corrected chi connectivity index (χ0v) is 13.4. The Hall–Kier alpha value is -1.43. The number of carbonyl (C=O) groups is 1. The fourth-order valence-corrected chi connectivity index (χ4v) is 2.90. The van der Waals surface area contributed by atoms with Gasteiger partial charge in [0.05, 0.1) is 19.3 Å². The molecule has 0 saturated carbocycles. The maximum atomic E-state index is 11.4. The number of carbonyl (C=O) groups excluding carboxylic acids is 1. The van der Waals surface area contributed by atoms with Gasteiger partial charge in [-0.1, -0.05) is 37.3 Å². The monoisotopic (exact) mass is 305 g/mol. The molecule has 5 heteroatoms. The molecule has 2 N–H and O–H groups in total. The quantitative estimate of drug-likeness (QED) is 0.730. The smallest absolute Gasteiger partial charge is 0.234 e. The number of rotatable bonds is 8. The third-order valence-corrected chi connectivity index (χ3v) is 4.23. The van der Waals surface area contributed by atoms with Gasteiger partial charge in [0.1, 0.15) is 0 Å². The Balaban J connectivity index is 1.62. The molecule has 1 fully saturated rings. The van der Waals surface area contributed by atoms with Gasteiger partial charge in [0, 0.05) is 32.7 Å². The molecule has 0 radical (unpaired) electrons. The second-order valence-corrected chi connectivity index (χ2v) is 5.74. The largest absolute Gasteiger partial charge is 0.375 e. The van der Waals surface area contributed by atoms with Crippen LogP contribution in [-0.2, 0) is 16.1 Å². The SMILES string of the molecule is CCC(C(N)=O)N1CCN(CCOCc2ccccc2)CC1. The molecule has 1 aliphatic heterocycles. The van der Waals surface area contributed by atoms with Crippen LogP contribution in [0.5, 0.6) is 0 Å². The molecule has 2 rings (SSSR count). The van der Waals surface area contributed by atoms with Gasteiger partial charge >= 0.3 is 0 Å². The first-order valence-electron chi connectivity index (χ1n) is 8.08. The van der Waals surface area contributed by atoms with E-state index in [0.29, 0.717) is 6.61 Å². The second-order valence-electron chi connectivity index (χ2n) is 5.74. The van der Waals surface area contributed by atoms with Crippen LogP contribution in [0.15, 0.2) is 30.3 Å². The number of hydrogen-bond acceptors (Lipinski definition) is 4. The summed E-state index contributed by atoms with van der Waals surface area (Å²) in [6.45, 7) is 8.10. The molecule has 1 saturated heterocycles. The van der Waals surface area contributed by atoms with Gasteiger partial charge < -0.3 is 10.5 Å². The van der Waals surface area contributed by atoms with E-state index < -0.39 is 0 Å². The zero-order chi connectivity index (χ0) is 15.8. The maximum Gasteiger partial charge on any atom is 0.234 e. The lowest BCUT2D eigenvalue weighted by molar-refractivity contribution is -0.124. The van der Waals surface area contributed by atoms with Crippen LogP contribution >= 0.6 is 0 Å². The van der Waals surface area contributed by atoms with E-state index in [1.807, 2.05) is 25.1 Å². The van der Waals surface area contributed by atoms with Gasteiger partial charge in [0.2, 0.25) is 5.91 Å². The van der Waals surface area contributed by atoms with Gasteiger partial charge in [-0.05, 0) is 12.0 Å². The third kappa shape index (κ3) is 5.09. The molecule has 0 aromatic heterocycles. The van der Waals surface area contributed by atoms with E-state index in [0.717, 1.165) is 45.8 Å². The number of piperazine rings is 1. The number of hydrogen-bond donors (Lipinski definition) is 1. The molecule has 0 aliphatic carbocycles. The number of nitrogens with two attached hydrogens (primary N) is 1. The van der Waals surface area contributed by atoms with Crippen molar-refractivity contribution in [2.45, 2.75) is 26.0 Å². The van der Waals surface area contributed by atoms with E-state index >= 15 is 0 Å². The topological polar surface area (TPSA) is 58.8 Å². The van der Waals surface area contributed by atoms with Crippen molar-refractivity contribution in [2.75, 3.05) is 39.3 Å². The lowest BCUT2D eigenvalue weighted by Crippen LogP contribution is -2.54. The van der Waals surface area contributed by atoms with Crippen molar-refractivity contribution < 1.29 is 9.53 Å². The van der Waals surface area contributed by atoms with Gasteiger partial charge in [-0.2, -0.15) is 0 Å². The molecule has 122 valence electrons. The van der Waals surface area contributed by atoms with E-state index in [4.69, 9.17) is 10.5 Å². The Bertz CT molecular complexity index is 444. The fourth-order valence-electron chi connectivity index (χ4n) is 2.90. The molecular formula is C17H27N3O2. The normalized spacial score (nSPS) is 18.2. The summed E-state index contributed by atoms with van der Waals surface area (Å²) in [6, 6.07) is 10.1. The summed E-state index contributed by atoms with van der Waals surface area (Å²) in [4.78, 5) is 16.0. The Morgan fingerprint density at radius 1 is 1.23 bits per heavy atom. The number of nitrogens with zero attached hydrogens (tertiary/aromatic N) is 2. The molecule has 0 bridgehead atoms. The zero-order valence-electron chi connectivity index (χ0n) is 13.4. The van der Waals surface area contributed by atoms with Crippen molar-refractivity contribution in [1.29, 1.82) is 0 Å². The van der Waals surface area contributed by atoms with Crippen LogP contribution in [0.3, 0.4) is 0 Å². The number of benzene rings is 1. The Morgan fingerprint density at radius 2 is 1.91 bits per heavy atom. The summed E-state index contributed by atoms with van der Waals surface area (Å²) < 4.78 is 5.73. The molecule has 1 aromatic carbocycles. The van der Waals surface area contributed by atoms with E-state index in [1.165, 1.54) is 5.56 Å². The van der Waals surface area contributed by atoms with Gasteiger partial charge in [-0.25, -0.2) is 0 Å². The number of primary amides is 1. The molecular weight excluding hydrogens is 278 g/mol. The van der Waals surface area contributed by atoms with Gasteiger partial charge in [0.25, 0.3) is 0 Å². The van der Waals surface area contributed by atoms with E-state index in [-0.39, 0.29) is 11.9 Å². The number of ether oxygens (including phenoxy) is 1. The minimum atomic E-state index is -0.206. The van der Waals surface area contributed by atoms with Crippen molar-refractivity contribution in [2.24, 2.45) is 5.73 Å². The summed E-state index contributed by atoms with van der Waals surface area (Å²) in [5.41, 5.74) is 6.66. The average Bonchev–Trinajstić information content (AvgIpc) is 2.54. The van der Waals surface area contributed by atoms with Gasteiger partial charge in [-0.3, -0.25) is 14.6 Å². The Kier molecular flexibility index (Phi) is 6.83. The highest BCUT2D eigenvalue weighted by molar-refractivity contribution is 5.79. The first-order valence-corrected chi connectivity index (χ1v) is 8.08. The number of amides is 1. The summed E-state index contributed by atoms with van der Waals surface area (Å²) in [7, 11) is 0. The second kappa shape index (κ2) is 8.88. The molecule has 1 atom stereocenters. The molecule has 5 nitrogen and oxygen atoms in total. The molecule has 1 amide bonds. The van der Waals surface area contributed by atoms with Crippen molar-refractivity contribution >= 4 is 5.91 Å². The van der Waals surface area contributed by atoms with Crippen LogP contribution in [-0.4, -0.2) is 61.1 Å². The predicted octanol–water partition coefficient (Wildman–Crippen LogP) is 1.08. The molecule has 1 unspecified atom stereocenters. The summed E-state index contributed by atoms with van der Waals surface area (Å²) in [5.74, 6) is -0.206. The Morgan fingerprint density at radius 3 is 2.50 bits per heavy atom. The van der Waals surface area contributed by atoms with Gasteiger partial charge in [0.15, 0.2) is 0 Å². The maximum absolute atomic E-state index is 11.4. The van der Waals surface area contributed by atoms with E-state index in [2.05, 4.69) is 21.9 Å². The molecule has 1 heterocycles. The van der Waals surface area contributed by atoms with Gasteiger partial charge in [-0.15, -0.1) is 0 Å². The lowest BCUT2D eigenvalue weighted by atomic mass is 10.1. The van der Waals surface area contributed by atoms with E-state index in [9.17, 15) is 4.79 Å². The standard InChI is InChI=1S/C17H27N3O2/c1-2-16(17(18)21)20-10-8-19(9-11-20)12-13-22-14-15-6-4-3-5-7-15/h3-7,16H,2,8-14H2,1H3,(H2,18,21). The first-order chi connectivity index (χ1) is 10.7. The summed E-state index contributed by atoms with van der Waals surface area (Å²) in [5, 5.41) is 0. The minimum Gasteiger partial charge on any atom is -0.375 e. The molecule has 1 aromatic rings. The molecule has 22 heavy (non-hydrogen) atoms. The van der Waals surface area contributed by atoms with Crippen molar-refractivity contribution in [3.05, 3.63) is 35.9 Å². The van der Waals surface area contributed by atoms with Crippen LogP contribution in [0.2, 0.25) is 0 Å². The van der Waals surface area contributed by atoms with Crippen molar-refractivity contribution in [1.82, 2.24) is 9.80 Å². The molecule has 0 spiro atoms. The summed E-state index contributed by atoms with van der Waals surface area (Å²) in [6.07, 6.45) is 0.787. The van der Waals surface area contributed by atoms with Crippen LogP contribution in [0.1, 0.15) is 18.9 Å². The first kappa shape index (κ1) is 16.9. The van der Waals surface area contributed by atoms with Crippen LogP contribution in [0.25, 0.3) is 0 Å². The highest BCUT2D eigenvalue weighted by atomic mass is 16.5. The Labute approximate surface area is 133 Å². The van der Waals surface area contributed by atoms with Crippen molar-refractivity contribution in [3.63, 3.8) is 0 Å². The van der Waals surface area contributed by atoms with Crippen LogP contribution in [0.4, 0.5) is 0 Å². The van der Waals surface area contributed by atoms with Crippen LogP contribution in [0, 0.1) is 0 Å². The minimum absolute atomic E-state index is 0.114. The average molecular weight is 305 g/mol. The predicted molar refractivity (Wildman–Crippen MR) is 87.4 cm³/mol. The highest BCUT2D eigenvalue weighted by Gasteiger charge is 2.25.